The van der Waals surface area contributed by atoms with E-state index in [-0.39, 0.29) is 28.3 Å². The van der Waals surface area contributed by atoms with Crippen LogP contribution < -0.4 is 21.3 Å². The summed E-state index contributed by atoms with van der Waals surface area (Å²) in [6, 6.07) is 10.8. The van der Waals surface area contributed by atoms with Crippen molar-refractivity contribution >= 4 is 11.6 Å². The second-order valence-electron chi connectivity index (χ2n) is 8.49. The number of hydrogen-bond acceptors (Lipinski definition) is 7. The lowest BCUT2D eigenvalue weighted by Gasteiger charge is -2.34. The number of aromatic nitrogens is 1. The fraction of sp³-hybridized carbons (Fsp3) is 0.375. The summed E-state index contributed by atoms with van der Waals surface area (Å²) >= 11 is 0. The molecule has 1 spiro atoms. The second-order valence-corrected chi connectivity index (χ2v) is 8.49. The number of pyridine rings is 1. The van der Waals surface area contributed by atoms with E-state index in [9.17, 15) is 14.9 Å². The number of benzene rings is 1. The third-order valence-electron chi connectivity index (χ3n) is 6.68. The molecule has 33 heavy (non-hydrogen) atoms. The van der Waals surface area contributed by atoms with Crippen molar-refractivity contribution in [1.29, 1.82) is 5.26 Å². The average Bonchev–Trinajstić information content (AvgIpc) is 3.09. The highest BCUT2D eigenvalue weighted by Crippen LogP contribution is 2.51. The Balaban J connectivity index is 1.62. The first-order chi connectivity index (χ1) is 16.0. The normalized spacial score (nSPS) is 21.9. The Labute approximate surface area is 191 Å². The van der Waals surface area contributed by atoms with E-state index in [1.54, 1.807) is 34.9 Å². The molecule has 0 unspecified atom stereocenters. The van der Waals surface area contributed by atoms with Gasteiger partial charge in [0, 0.05) is 49.2 Å². The number of ether oxygens (including phenoxy) is 2. The smallest absolute Gasteiger partial charge is 0.259 e. The van der Waals surface area contributed by atoms with Gasteiger partial charge in [0.25, 0.3) is 5.56 Å². The van der Waals surface area contributed by atoms with Crippen LogP contribution in [0.2, 0.25) is 0 Å². The van der Waals surface area contributed by atoms with Crippen molar-refractivity contribution in [2.75, 3.05) is 38.2 Å². The Kier molecular flexibility index (Phi) is 5.19. The highest BCUT2D eigenvalue weighted by Gasteiger charge is 2.58. The zero-order valence-electron chi connectivity index (χ0n) is 18.4. The van der Waals surface area contributed by atoms with Crippen LogP contribution in [0.15, 0.2) is 46.6 Å². The summed E-state index contributed by atoms with van der Waals surface area (Å²) in [6.07, 6.45) is 0.763. The maximum atomic E-state index is 13.9. The third-order valence-corrected chi connectivity index (χ3v) is 6.68. The molecule has 170 valence electrons. The Hall–Kier alpha value is -3.61. The molecule has 2 aromatic rings. The molecule has 1 amide bonds. The summed E-state index contributed by atoms with van der Waals surface area (Å²) in [5, 5.41) is 12.8. The van der Waals surface area contributed by atoms with Crippen molar-refractivity contribution in [1.82, 2.24) is 9.47 Å². The highest BCUT2D eigenvalue weighted by atomic mass is 16.5. The molecule has 3 N–H and O–H groups in total. The van der Waals surface area contributed by atoms with Crippen molar-refractivity contribution in [3.8, 4) is 11.8 Å². The largest absolute Gasteiger partial charge is 0.440 e. The fourth-order valence-electron chi connectivity index (χ4n) is 5.09. The summed E-state index contributed by atoms with van der Waals surface area (Å²) < 4.78 is 12.8. The number of amides is 1. The van der Waals surface area contributed by atoms with E-state index in [4.69, 9.17) is 15.2 Å². The fourth-order valence-corrected chi connectivity index (χ4v) is 5.09. The quantitative estimate of drug-likeness (QED) is 0.722. The Morgan fingerprint density at radius 1 is 1.21 bits per heavy atom. The number of nitrogens with two attached hydrogens (primary N) is 1. The minimum Gasteiger partial charge on any atom is -0.440 e. The number of fused-ring (bicyclic) bond motifs is 4. The summed E-state index contributed by atoms with van der Waals surface area (Å²) in [5.74, 6) is -0.431. The predicted octanol–water partition coefficient (Wildman–Crippen LogP) is 1.20. The van der Waals surface area contributed by atoms with Crippen LogP contribution in [0, 0.1) is 18.3 Å². The van der Waals surface area contributed by atoms with Crippen molar-refractivity contribution in [2.45, 2.75) is 25.3 Å². The van der Waals surface area contributed by atoms with Gasteiger partial charge >= 0.3 is 0 Å². The van der Waals surface area contributed by atoms with Crippen LogP contribution >= 0.6 is 0 Å². The topological polar surface area (TPSA) is 123 Å². The molecule has 1 aromatic carbocycles. The van der Waals surface area contributed by atoms with Crippen LogP contribution in [-0.2, 0) is 21.5 Å². The first-order valence-corrected chi connectivity index (χ1v) is 11.0. The molecule has 3 aliphatic heterocycles. The Bertz CT molecular complexity index is 1270. The molecule has 1 saturated heterocycles. The van der Waals surface area contributed by atoms with Gasteiger partial charge in [-0.1, -0.05) is 18.2 Å². The van der Waals surface area contributed by atoms with Crippen LogP contribution in [-0.4, -0.2) is 48.2 Å². The van der Waals surface area contributed by atoms with Crippen molar-refractivity contribution in [3.63, 3.8) is 0 Å². The molecule has 4 heterocycles. The maximum Gasteiger partial charge on any atom is 0.259 e. The van der Waals surface area contributed by atoms with E-state index in [2.05, 4.69) is 10.2 Å². The van der Waals surface area contributed by atoms with Gasteiger partial charge in [0.05, 0.1) is 18.8 Å². The van der Waals surface area contributed by atoms with Gasteiger partial charge in [0.1, 0.15) is 17.4 Å². The number of carbonyl (C=O) groups is 1. The average molecular weight is 447 g/mol. The number of rotatable bonds is 4. The zero-order chi connectivity index (χ0) is 23.2. The molecule has 0 radical (unpaired) electrons. The van der Waals surface area contributed by atoms with Crippen LogP contribution in [0.25, 0.3) is 0 Å². The molecule has 1 aromatic heterocycles. The zero-order valence-corrected chi connectivity index (χ0v) is 18.4. The standard InChI is InChI=1S/C24H25N5O4/c1-15-13-19-20(22(30)29(15)8-4-7-28-9-11-32-12-10-28)24(17(14-25)21(26)33-19)16-5-2-3-6-18(16)27-23(24)31/h2-3,5-6,13H,4,7-12,26H2,1H3,(H,27,31)/t24-/m1/s1. The predicted molar refractivity (Wildman–Crippen MR) is 121 cm³/mol. The molecular formula is C24H25N5O4. The van der Waals surface area contributed by atoms with E-state index in [0.717, 1.165) is 39.3 Å². The second kappa shape index (κ2) is 8.06. The number of para-hydroxylation sites is 1. The molecule has 9 nitrogen and oxygen atoms in total. The SMILES string of the molecule is Cc1cc2c(c(=O)n1CCCN1CCOCC1)[C@]1(C(=O)Nc3ccccc31)C(C#N)=C(N)O2. The number of nitriles is 1. The number of nitrogens with one attached hydrogen (secondary N) is 1. The molecule has 9 heteroatoms. The number of anilines is 1. The molecule has 0 bridgehead atoms. The molecule has 1 fully saturated rings. The molecular weight excluding hydrogens is 422 g/mol. The van der Waals surface area contributed by atoms with Crippen molar-refractivity contribution < 1.29 is 14.3 Å². The van der Waals surface area contributed by atoms with Gasteiger partial charge in [-0.3, -0.25) is 14.5 Å². The van der Waals surface area contributed by atoms with Crippen molar-refractivity contribution in [2.24, 2.45) is 5.73 Å². The molecule has 0 saturated carbocycles. The molecule has 1 atom stereocenters. The van der Waals surface area contributed by atoms with E-state index in [1.807, 2.05) is 13.0 Å². The first-order valence-electron chi connectivity index (χ1n) is 11.0. The van der Waals surface area contributed by atoms with E-state index >= 15 is 0 Å². The van der Waals surface area contributed by atoms with Gasteiger partial charge in [-0.15, -0.1) is 0 Å². The van der Waals surface area contributed by atoms with Gasteiger partial charge in [-0.05, 0) is 19.4 Å². The van der Waals surface area contributed by atoms with Crippen molar-refractivity contribution in [3.05, 3.63) is 69.0 Å². The molecule has 5 rings (SSSR count). The highest BCUT2D eigenvalue weighted by molar-refractivity contribution is 6.12. The number of morpholine rings is 1. The maximum absolute atomic E-state index is 13.9. The Morgan fingerprint density at radius 3 is 2.73 bits per heavy atom. The van der Waals surface area contributed by atoms with Crippen LogP contribution in [0.4, 0.5) is 5.69 Å². The monoisotopic (exact) mass is 447 g/mol. The van der Waals surface area contributed by atoms with E-state index in [0.29, 0.717) is 23.5 Å². The minimum absolute atomic E-state index is 0.0710. The lowest BCUT2D eigenvalue weighted by Crippen LogP contribution is -2.47. The number of hydrogen-bond donors (Lipinski definition) is 2. The Morgan fingerprint density at radius 2 is 1.97 bits per heavy atom. The molecule has 0 aliphatic carbocycles. The number of nitrogens with zero attached hydrogens (tertiary/aromatic N) is 3. The summed E-state index contributed by atoms with van der Waals surface area (Å²) in [6.45, 7) is 6.34. The lowest BCUT2D eigenvalue weighted by molar-refractivity contribution is -0.118. The number of aryl methyl sites for hydroxylation is 1. The number of carbonyl (C=O) groups excluding carboxylic acids is 1. The van der Waals surface area contributed by atoms with Crippen LogP contribution in [0.1, 0.15) is 23.2 Å². The van der Waals surface area contributed by atoms with Gasteiger partial charge in [0.15, 0.2) is 5.41 Å². The first kappa shape index (κ1) is 21.2. The van der Waals surface area contributed by atoms with Gasteiger partial charge in [-0.25, -0.2) is 0 Å². The summed E-state index contributed by atoms with van der Waals surface area (Å²) in [4.78, 5) is 29.7. The molecule has 3 aliphatic rings. The minimum atomic E-state index is -1.64. The summed E-state index contributed by atoms with van der Waals surface area (Å²) in [7, 11) is 0. The van der Waals surface area contributed by atoms with Crippen LogP contribution in [0.5, 0.6) is 5.75 Å². The summed E-state index contributed by atoms with van der Waals surface area (Å²) in [5.41, 5.74) is 5.97. The van der Waals surface area contributed by atoms with Gasteiger partial charge in [0.2, 0.25) is 11.8 Å². The van der Waals surface area contributed by atoms with Crippen LogP contribution in [0.3, 0.4) is 0 Å². The third kappa shape index (κ3) is 3.14. The lowest BCUT2D eigenvalue weighted by atomic mass is 9.69. The van der Waals surface area contributed by atoms with E-state index in [1.165, 1.54) is 0 Å². The van der Waals surface area contributed by atoms with Gasteiger partial charge in [-0.2, -0.15) is 5.26 Å². The van der Waals surface area contributed by atoms with Gasteiger partial charge < -0.3 is 25.1 Å². The van der Waals surface area contributed by atoms with E-state index < -0.39 is 11.3 Å².